The highest BCUT2D eigenvalue weighted by Gasteiger charge is 2.20. The van der Waals surface area contributed by atoms with Gasteiger partial charge in [0.15, 0.2) is 6.29 Å². The molecule has 3 heterocycles. The molecule has 1 unspecified atom stereocenters. The maximum Gasteiger partial charge on any atom is 0.166 e. The van der Waals surface area contributed by atoms with E-state index in [1.807, 2.05) is 55.7 Å². The summed E-state index contributed by atoms with van der Waals surface area (Å²) in [7, 11) is 5.84. The molecule has 0 fully saturated rings. The first-order valence-electron chi connectivity index (χ1n) is 10.9. The topological polar surface area (TPSA) is 93.5 Å². The average molecular weight is 468 g/mol. The van der Waals surface area contributed by atoms with Gasteiger partial charge in [0.2, 0.25) is 0 Å². The summed E-state index contributed by atoms with van der Waals surface area (Å²) in [5.74, 6) is 0. The largest absolute Gasteiger partial charge is 0.405 e. The molecule has 8 nitrogen and oxygen atoms in total. The molecule has 0 saturated carbocycles. The summed E-state index contributed by atoms with van der Waals surface area (Å²) >= 11 is 1.67. The van der Waals surface area contributed by atoms with E-state index in [0.717, 1.165) is 42.2 Å². The van der Waals surface area contributed by atoms with Crippen molar-refractivity contribution in [3.63, 3.8) is 0 Å². The van der Waals surface area contributed by atoms with Crippen LogP contribution in [0.15, 0.2) is 52.6 Å². The van der Waals surface area contributed by atoms with Crippen LogP contribution in [-0.4, -0.2) is 56.8 Å². The molecule has 9 heteroatoms. The van der Waals surface area contributed by atoms with Crippen LogP contribution in [0.2, 0.25) is 0 Å². The Bertz CT molecular complexity index is 1160. The lowest BCUT2D eigenvalue weighted by Crippen LogP contribution is -2.34. The number of nitrogens with one attached hydrogen (secondary N) is 1. The molecule has 1 atom stereocenters. The van der Waals surface area contributed by atoms with E-state index in [0.29, 0.717) is 5.69 Å². The van der Waals surface area contributed by atoms with E-state index in [9.17, 15) is 4.79 Å². The van der Waals surface area contributed by atoms with Crippen LogP contribution in [0, 0.1) is 6.92 Å². The van der Waals surface area contributed by atoms with Crippen LogP contribution in [0.1, 0.15) is 28.7 Å². The number of aromatic nitrogens is 3. The van der Waals surface area contributed by atoms with Crippen LogP contribution < -0.4 is 11.1 Å². The van der Waals surface area contributed by atoms with Crippen molar-refractivity contribution in [2.45, 2.75) is 31.3 Å². The van der Waals surface area contributed by atoms with Gasteiger partial charge in [0, 0.05) is 43.2 Å². The zero-order chi connectivity index (χ0) is 24.0. The van der Waals surface area contributed by atoms with E-state index < -0.39 is 0 Å². The molecule has 33 heavy (non-hydrogen) atoms. The van der Waals surface area contributed by atoms with Crippen molar-refractivity contribution in [1.82, 2.24) is 24.0 Å². The first kappa shape index (κ1) is 24.8. The number of fused-ring (bicyclic) bond motifs is 1. The van der Waals surface area contributed by atoms with Crippen LogP contribution in [0.4, 0.5) is 0 Å². The Morgan fingerprint density at radius 1 is 1.33 bits per heavy atom. The fraction of sp³-hybridized carbons (Fsp3) is 0.375. The van der Waals surface area contributed by atoms with Crippen molar-refractivity contribution in [3.8, 4) is 0 Å². The molecule has 1 aliphatic heterocycles. The predicted molar refractivity (Wildman–Crippen MR) is 137 cm³/mol. The molecule has 3 aromatic rings. The molecule has 3 N–H and O–H groups in total. The number of nitrogens with two attached hydrogens (primary N) is 1. The van der Waals surface area contributed by atoms with Gasteiger partial charge >= 0.3 is 0 Å². The second-order valence-electron chi connectivity index (χ2n) is 8.09. The van der Waals surface area contributed by atoms with E-state index in [4.69, 9.17) is 5.73 Å². The van der Waals surface area contributed by atoms with Gasteiger partial charge in [-0.25, -0.2) is 4.31 Å². The average Bonchev–Trinajstić information content (AvgIpc) is 3.29. The lowest BCUT2D eigenvalue weighted by atomic mass is 10.1. The molecule has 1 aliphatic rings. The van der Waals surface area contributed by atoms with Crippen LogP contribution in [0.3, 0.4) is 0 Å². The highest BCUT2D eigenvalue weighted by Crippen LogP contribution is 2.29. The fourth-order valence-corrected chi connectivity index (χ4v) is 5.08. The highest BCUT2D eigenvalue weighted by atomic mass is 32.2. The minimum absolute atomic E-state index is 0.247. The number of rotatable bonds is 6. The molecule has 0 aliphatic carbocycles. The molecule has 2 aromatic heterocycles. The summed E-state index contributed by atoms with van der Waals surface area (Å²) in [4.78, 5) is 16.7. The van der Waals surface area contributed by atoms with E-state index in [1.54, 1.807) is 11.9 Å². The Morgan fingerprint density at radius 2 is 2.12 bits per heavy atom. The smallest absolute Gasteiger partial charge is 0.166 e. The van der Waals surface area contributed by atoms with Crippen molar-refractivity contribution < 1.29 is 4.79 Å². The maximum absolute atomic E-state index is 11.0. The fourth-order valence-electron chi connectivity index (χ4n) is 3.87. The Hall–Kier alpha value is -2.88. The van der Waals surface area contributed by atoms with Gasteiger partial charge in [0.1, 0.15) is 0 Å². The zero-order valence-electron chi connectivity index (χ0n) is 19.9. The summed E-state index contributed by atoms with van der Waals surface area (Å²) in [5.41, 5.74) is 10.7. The molecule has 0 saturated heterocycles. The number of carbonyl (C=O) groups excluding carboxylic acids is 1. The second-order valence-corrected chi connectivity index (χ2v) is 9.23. The van der Waals surface area contributed by atoms with Crippen molar-refractivity contribution >= 4 is 34.8 Å². The van der Waals surface area contributed by atoms with Crippen LogP contribution in [-0.2, 0) is 20.6 Å². The first-order chi connectivity index (χ1) is 15.9. The highest BCUT2D eigenvalue weighted by molar-refractivity contribution is 7.97. The number of aryl methyl sites for hydroxylation is 1. The lowest BCUT2D eigenvalue weighted by molar-refractivity contribution is 0.111. The van der Waals surface area contributed by atoms with Crippen LogP contribution in [0.5, 0.6) is 0 Å². The monoisotopic (exact) mass is 467 g/mol. The van der Waals surface area contributed by atoms with Gasteiger partial charge in [-0.3, -0.25) is 14.5 Å². The minimum atomic E-state index is 0.247. The van der Waals surface area contributed by atoms with Gasteiger partial charge < -0.3 is 15.6 Å². The molecule has 0 spiro atoms. The summed E-state index contributed by atoms with van der Waals surface area (Å²) in [6.45, 7) is 6.64. The van der Waals surface area contributed by atoms with Gasteiger partial charge in [0.05, 0.1) is 35.7 Å². The third-order valence-electron chi connectivity index (χ3n) is 5.57. The van der Waals surface area contributed by atoms with Crippen molar-refractivity contribution in [3.05, 3.63) is 59.7 Å². The van der Waals surface area contributed by atoms with Gasteiger partial charge in [-0.15, -0.1) is 0 Å². The lowest BCUT2D eigenvalue weighted by Gasteiger charge is -2.27. The molecule has 0 bridgehead atoms. The second kappa shape index (κ2) is 11.3. The van der Waals surface area contributed by atoms with E-state index in [2.05, 4.69) is 44.8 Å². The summed E-state index contributed by atoms with van der Waals surface area (Å²) in [6, 6.07) is 8.46. The molecular formula is C24H33N7OS. The van der Waals surface area contributed by atoms with Gasteiger partial charge in [0.25, 0.3) is 0 Å². The number of aliphatic imine (C=N–C) groups is 1. The summed E-state index contributed by atoms with van der Waals surface area (Å²) in [5, 5.41) is 8.58. The third kappa shape index (κ3) is 5.93. The number of hydrogen-bond acceptors (Lipinski definition) is 7. The molecule has 176 valence electrons. The van der Waals surface area contributed by atoms with Gasteiger partial charge in [-0.2, -0.15) is 5.10 Å². The van der Waals surface area contributed by atoms with Crippen molar-refractivity contribution in [1.29, 1.82) is 0 Å². The van der Waals surface area contributed by atoms with E-state index in [-0.39, 0.29) is 6.04 Å². The van der Waals surface area contributed by atoms with E-state index >= 15 is 0 Å². The summed E-state index contributed by atoms with van der Waals surface area (Å²) in [6.07, 6.45) is 6.16. The van der Waals surface area contributed by atoms with E-state index in [1.165, 1.54) is 22.7 Å². The minimum Gasteiger partial charge on any atom is -0.405 e. The summed E-state index contributed by atoms with van der Waals surface area (Å²) < 4.78 is 6.09. The molecule has 0 amide bonds. The Morgan fingerprint density at radius 3 is 2.79 bits per heavy atom. The number of carbonyl (C=O) groups is 1. The number of hydrogen-bond donors (Lipinski definition) is 2. The number of aldehydes is 1. The predicted octanol–water partition coefficient (Wildman–Crippen LogP) is 3.06. The van der Waals surface area contributed by atoms with Crippen molar-refractivity contribution in [2.75, 3.05) is 20.1 Å². The third-order valence-corrected chi connectivity index (χ3v) is 6.71. The van der Waals surface area contributed by atoms with Gasteiger partial charge in [-0.05, 0) is 56.7 Å². The number of nitrogens with zero attached hydrogens (tertiary/aromatic N) is 5. The van der Waals surface area contributed by atoms with Crippen LogP contribution in [0.25, 0.3) is 10.9 Å². The standard InChI is InChI=1S/C14H20N4OS.C10H13N3/c1-10-7-18(8-12(16-10)4-5-15)20-14-6-13(9-19)17(3)11(14)2;1-11-6-8-4-3-5-9-7-12-13(2)10(8)9/h4-6,9-10H,7-8,15H2,1-3H3;3-5,7,11H,6H2,1-2H3/b5-4-;. The van der Waals surface area contributed by atoms with Crippen molar-refractivity contribution in [2.24, 2.45) is 24.8 Å². The molecule has 1 aromatic carbocycles. The Labute approximate surface area is 199 Å². The molecule has 4 rings (SSSR count). The van der Waals surface area contributed by atoms with Gasteiger partial charge in [-0.1, -0.05) is 18.2 Å². The zero-order valence-corrected chi connectivity index (χ0v) is 20.8. The normalized spacial score (nSPS) is 16.6. The maximum atomic E-state index is 11.0. The van der Waals surface area contributed by atoms with Crippen LogP contribution >= 0.6 is 11.9 Å². The quantitative estimate of drug-likeness (QED) is 0.428. The number of benzene rings is 1. The first-order valence-corrected chi connectivity index (χ1v) is 11.7. The number of para-hydroxylation sites is 1. The SMILES string of the molecule is CNCc1cccc2cnn(C)c12.Cc1c(SN2CC(/C=C\N)=NC(C)C2)cc(C=O)n1C. The molecular weight excluding hydrogens is 434 g/mol. The Balaban J connectivity index is 0.000000203. The Kier molecular flexibility index (Phi) is 8.49. The molecule has 0 radical (unpaired) electrons.